The van der Waals surface area contributed by atoms with E-state index in [1.807, 2.05) is 7.05 Å². The van der Waals surface area contributed by atoms with Gasteiger partial charge in [-0.15, -0.1) is 0 Å². The van der Waals surface area contributed by atoms with Gasteiger partial charge >= 0.3 is 0 Å². The van der Waals surface area contributed by atoms with Crippen LogP contribution in [-0.4, -0.2) is 19.4 Å². The van der Waals surface area contributed by atoms with Gasteiger partial charge in [-0.05, 0) is 14.0 Å². The van der Waals surface area contributed by atoms with E-state index in [-0.39, 0.29) is 0 Å². The molecule has 0 aliphatic rings. The lowest BCUT2D eigenvalue weighted by atomic mass is 10.4. The average Bonchev–Trinajstić information content (AvgIpc) is 1.69. The van der Waals surface area contributed by atoms with Crippen molar-refractivity contribution in [1.29, 1.82) is 0 Å². The van der Waals surface area contributed by atoms with E-state index >= 15 is 0 Å². The molecule has 0 saturated carbocycles. The average molecular weight is 117 g/mol. The number of carbonyl (C=O) groups excluding carboxylic acids is 1. The molecule has 8 heavy (non-hydrogen) atoms. The molecule has 0 radical (unpaired) electrons. The topological polar surface area (TPSA) is 29.1 Å². The highest BCUT2D eigenvalue weighted by molar-refractivity contribution is 5.44. The van der Waals surface area contributed by atoms with Gasteiger partial charge in [0.15, 0.2) is 0 Å². The molecule has 0 rings (SSSR count). The third-order valence-electron chi connectivity index (χ3n) is 0.577. The number of rotatable bonds is 1. The molecule has 0 aliphatic heterocycles. The van der Waals surface area contributed by atoms with E-state index in [1.165, 1.54) is 6.92 Å². The summed E-state index contributed by atoms with van der Waals surface area (Å²) >= 11 is 0. The van der Waals surface area contributed by atoms with Gasteiger partial charge in [0.25, 0.3) is 0 Å². The van der Waals surface area contributed by atoms with Crippen LogP contribution in [0.2, 0.25) is 0 Å². The lowest BCUT2D eigenvalue weighted by Crippen LogP contribution is -2.15. The van der Waals surface area contributed by atoms with Gasteiger partial charge in [-0.25, -0.2) is 0 Å². The number of aldehydes is 1. The van der Waals surface area contributed by atoms with Crippen LogP contribution in [0.15, 0.2) is 0 Å². The van der Waals surface area contributed by atoms with E-state index in [9.17, 15) is 0 Å². The van der Waals surface area contributed by atoms with E-state index < -0.39 is 0 Å². The summed E-state index contributed by atoms with van der Waals surface area (Å²) in [6.45, 7) is 5.67. The van der Waals surface area contributed by atoms with Crippen LogP contribution in [0.3, 0.4) is 0 Å². The summed E-state index contributed by atoms with van der Waals surface area (Å²) in [5, 5.41) is 3.03. The Hall–Kier alpha value is -0.370. The molecular weight excluding hydrogens is 102 g/mol. The minimum Gasteiger partial charge on any atom is -0.318 e. The first-order valence-corrected chi connectivity index (χ1v) is 2.76. The molecule has 0 atom stereocenters. The van der Waals surface area contributed by atoms with Gasteiger partial charge < -0.3 is 10.1 Å². The van der Waals surface area contributed by atoms with Crippen LogP contribution in [0, 0.1) is 0 Å². The zero-order valence-electron chi connectivity index (χ0n) is 6.06. The Kier molecular flexibility index (Phi) is 13.0. The lowest BCUT2D eigenvalue weighted by molar-refractivity contribution is -0.106. The Labute approximate surface area is 51.3 Å². The quantitative estimate of drug-likeness (QED) is 0.515. The number of nitrogens with one attached hydrogen (secondary N) is 1. The molecule has 0 amide bonds. The second-order valence-corrected chi connectivity index (χ2v) is 1.68. The molecule has 0 aromatic carbocycles. The molecule has 1 N–H and O–H groups in total. The van der Waals surface area contributed by atoms with Gasteiger partial charge in [0.1, 0.15) is 6.29 Å². The fraction of sp³-hybridized carbons (Fsp3) is 0.833. The predicted molar refractivity (Wildman–Crippen MR) is 35.9 cm³/mol. The van der Waals surface area contributed by atoms with Crippen molar-refractivity contribution in [2.75, 3.05) is 7.05 Å². The summed E-state index contributed by atoms with van der Waals surface area (Å²) in [6, 6.07) is 0.634. The molecule has 0 unspecified atom stereocenters. The third kappa shape index (κ3) is 45.4. The van der Waals surface area contributed by atoms with Crippen LogP contribution >= 0.6 is 0 Å². The highest BCUT2D eigenvalue weighted by Gasteiger charge is 1.76. The van der Waals surface area contributed by atoms with E-state index in [4.69, 9.17) is 4.79 Å². The van der Waals surface area contributed by atoms with Gasteiger partial charge in [0.2, 0.25) is 0 Å². The standard InChI is InChI=1S/C4H11N.C2H4O/c1-4(2)5-3;1-2-3/h4-5H,1-3H3;2H,1H3. The Morgan fingerprint density at radius 3 is 1.62 bits per heavy atom. The van der Waals surface area contributed by atoms with E-state index in [1.54, 1.807) is 0 Å². The summed E-state index contributed by atoms with van der Waals surface area (Å²) in [6.07, 6.45) is 0.750. The summed E-state index contributed by atoms with van der Waals surface area (Å²) in [5.41, 5.74) is 0. The van der Waals surface area contributed by atoms with Crippen LogP contribution < -0.4 is 5.32 Å². The first-order chi connectivity index (χ1) is 3.68. The normalized spacial score (nSPS) is 7.62. The van der Waals surface area contributed by atoms with Crippen molar-refractivity contribution in [2.45, 2.75) is 26.8 Å². The van der Waals surface area contributed by atoms with Crippen LogP contribution in [0.5, 0.6) is 0 Å². The monoisotopic (exact) mass is 117 g/mol. The van der Waals surface area contributed by atoms with Gasteiger partial charge in [-0.1, -0.05) is 13.8 Å². The molecule has 2 heteroatoms. The fourth-order valence-corrected chi connectivity index (χ4v) is 0. The maximum Gasteiger partial charge on any atom is 0.116 e. The molecule has 0 fully saturated rings. The van der Waals surface area contributed by atoms with Crippen molar-refractivity contribution in [2.24, 2.45) is 0 Å². The SMILES string of the molecule is CC=O.CNC(C)C. The number of hydrogen-bond acceptors (Lipinski definition) is 2. The van der Waals surface area contributed by atoms with Crippen LogP contribution in [0.1, 0.15) is 20.8 Å². The summed E-state index contributed by atoms with van der Waals surface area (Å²) in [5.74, 6) is 0. The largest absolute Gasteiger partial charge is 0.318 e. The Bertz CT molecular complexity index is 43.8. The maximum absolute atomic E-state index is 8.81. The van der Waals surface area contributed by atoms with Gasteiger partial charge in [0, 0.05) is 6.04 Å². The zero-order chi connectivity index (χ0) is 6.99. The summed E-state index contributed by atoms with van der Waals surface area (Å²) < 4.78 is 0. The zero-order valence-corrected chi connectivity index (χ0v) is 6.06. The van der Waals surface area contributed by atoms with Gasteiger partial charge in [-0.3, -0.25) is 0 Å². The molecule has 0 heterocycles. The van der Waals surface area contributed by atoms with Crippen molar-refractivity contribution < 1.29 is 4.79 Å². The molecule has 2 nitrogen and oxygen atoms in total. The summed E-state index contributed by atoms with van der Waals surface area (Å²) in [4.78, 5) is 8.81. The molecule has 50 valence electrons. The summed E-state index contributed by atoms with van der Waals surface area (Å²) in [7, 11) is 1.95. The third-order valence-corrected chi connectivity index (χ3v) is 0.577. The minimum atomic E-state index is 0.634. The first-order valence-electron chi connectivity index (χ1n) is 2.76. The Balaban J connectivity index is 0. The van der Waals surface area contributed by atoms with Crippen molar-refractivity contribution >= 4 is 6.29 Å². The molecule has 0 aliphatic carbocycles. The highest BCUT2D eigenvalue weighted by Crippen LogP contribution is 1.66. The second kappa shape index (κ2) is 9.80. The van der Waals surface area contributed by atoms with Crippen LogP contribution in [-0.2, 0) is 4.79 Å². The second-order valence-electron chi connectivity index (χ2n) is 1.68. The van der Waals surface area contributed by atoms with E-state index in [0.717, 1.165) is 6.29 Å². The lowest BCUT2D eigenvalue weighted by Gasteiger charge is -1.95. The first kappa shape index (κ1) is 10.6. The fourth-order valence-electron chi connectivity index (χ4n) is 0. The van der Waals surface area contributed by atoms with E-state index in [2.05, 4.69) is 19.2 Å². The molecule has 0 spiro atoms. The van der Waals surface area contributed by atoms with Crippen molar-refractivity contribution in [3.63, 3.8) is 0 Å². The Morgan fingerprint density at radius 1 is 1.50 bits per heavy atom. The molecule has 0 saturated heterocycles. The molecule has 0 aromatic heterocycles. The van der Waals surface area contributed by atoms with Crippen molar-refractivity contribution in [3.8, 4) is 0 Å². The number of hydrogen-bond donors (Lipinski definition) is 1. The van der Waals surface area contributed by atoms with Gasteiger partial charge in [0.05, 0.1) is 0 Å². The van der Waals surface area contributed by atoms with Crippen LogP contribution in [0.25, 0.3) is 0 Å². The molecule has 0 bridgehead atoms. The van der Waals surface area contributed by atoms with E-state index in [0.29, 0.717) is 6.04 Å². The maximum atomic E-state index is 8.81. The Morgan fingerprint density at radius 2 is 1.62 bits per heavy atom. The predicted octanol–water partition coefficient (Wildman–Crippen LogP) is 0.819. The molecular formula is C6H15NO. The minimum absolute atomic E-state index is 0.634. The van der Waals surface area contributed by atoms with Gasteiger partial charge in [-0.2, -0.15) is 0 Å². The van der Waals surface area contributed by atoms with Crippen LogP contribution in [0.4, 0.5) is 0 Å². The van der Waals surface area contributed by atoms with Crippen molar-refractivity contribution in [3.05, 3.63) is 0 Å². The smallest absolute Gasteiger partial charge is 0.116 e. The molecule has 0 aromatic rings. The number of carbonyl (C=O) groups is 1. The highest BCUT2D eigenvalue weighted by atomic mass is 16.1. The van der Waals surface area contributed by atoms with Crippen molar-refractivity contribution in [1.82, 2.24) is 5.32 Å².